The minimum atomic E-state index is -4.70. The molecule has 0 unspecified atom stereocenters. The first-order valence-electron chi connectivity index (χ1n) is 6.97. The zero-order chi connectivity index (χ0) is 18.4. The van der Waals surface area contributed by atoms with Crippen LogP contribution in [-0.4, -0.2) is 42.3 Å². The molecule has 1 aliphatic rings. The summed E-state index contributed by atoms with van der Waals surface area (Å²) in [5, 5.41) is 7.14. The molecule has 1 aliphatic heterocycles. The SMILES string of the molecule is CS(=O)(=O)N1CCc2cc(C(=O)Nc3n[nH]c(C(F)(F)F)n3)ccc21. The zero-order valence-corrected chi connectivity index (χ0v) is 13.6. The van der Waals surface area contributed by atoms with Gasteiger partial charge in [0.15, 0.2) is 0 Å². The van der Waals surface area contributed by atoms with Gasteiger partial charge in [-0.3, -0.25) is 19.5 Å². The average molecular weight is 375 g/mol. The molecule has 8 nitrogen and oxygen atoms in total. The van der Waals surface area contributed by atoms with Crippen LogP contribution in [0.15, 0.2) is 18.2 Å². The van der Waals surface area contributed by atoms with Gasteiger partial charge in [0, 0.05) is 12.1 Å². The predicted molar refractivity (Wildman–Crippen MR) is 81.7 cm³/mol. The fourth-order valence-electron chi connectivity index (χ4n) is 2.48. The van der Waals surface area contributed by atoms with Crippen molar-refractivity contribution >= 4 is 27.6 Å². The molecule has 1 aromatic carbocycles. The van der Waals surface area contributed by atoms with Gasteiger partial charge in [0.1, 0.15) is 0 Å². The number of rotatable bonds is 3. The number of fused-ring (bicyclic) bond motifs is 1. The van der Waals surface area contributed by atoms with E-state index >= 15 is 0 Å². The summed E-state index contributed by atoms with van der Waals surface area (Å²) >= 11 is 0. The van der Waals surface area contributed by atoms with Crippen LogP contribution >= 0.6 is 0 Å². The Kier molecular flexibility index (Phi) is 3.94. The van der Waals surface area contributed by atoms with Gasteiger partial charge in [-0.1, -0.05) is 0 Å². The van der Waals surface area contributed by atoms with Gasteiger partial charge in [0.05, 0.1) is 11.9 Å². The Balaban J connectivity index is 1.79. The van der Waals surface area contributed by atoms with E-state index in [1.54, 1.807) is 5.10 Å². The summed E-state index contributed by atoms with van der Waals surface area (Å²) in [5.41, 5.74) is 1.30. The highest BCUT2D eigenvalue weighted by atomic mass is 32.2. The minimum Gasteiger partial charge on any atom is -0.289 e. The summed E-state index contributed by atoms with van der Waals surface area (Å²) in [5.74, 6) is -2.52. The molecular weight excluding hydrogens is 363 g/mol. The molecule has 0 bridgehead atoms. The van der Waals surface area contributed by atoms with Crippen molar-refractivity contribution in [2.75, 3.05) is 22.4 Å². The van der Waals surface area contributed by atoms with Crippen LogP contribution in [0.25, 0.3) is 0 Å². The predicted octanol–water partition coefficient (Wildman–Crippen LogP) is 1.40. The lowest BCUT2D eigenvalue weighted by atomic mass is 10.1. The second kappa shape index (κ2) is 5.72. The van der Waals surface area contributed by atoms with Crippen LogP contribution in [0.3, 0.4) is 0 Å². The number of amides is 1. The highest BCUT2D eigenvalue weighted by molar-refractivity contribution is 7.92. The normalized spacial score (nSPS) is 14.5. The number of carbonyl (C=O) groups is 1. The smallest absolute Gasteiger partial charge is 0.289 e. The van der Waals surface area contributed by atoms with E-state index in [2.05, 4.69) is 15.4 Å². The third-order valence-electron chi connectivity index (χ3n) is 3.57. The Morgan fingerprint density at radius 2 is 2.08 bits per heavy atom. The number of benzene rings is 1. The van der Waals surface area contributed by atoms with Crippen molar-refractivity contribution in [1.29, 1.82) is 0 Å². The van der Waals surface area contributed by atoms with Gasteiger partial charge < -0.3 is 0 Å². The second-order valence-corrected chi connectivity index (χ2v) is 7.29. The molecule has 12 heteroatoms. The summed E-state index contributed by atoms with van der Waals surface area (Å²) < 4.78 is 61.9. The average Bonchev–Trinajstić information content (AvgIpc) is 3.11. The molecule has 0 saturated carbocycles. The maximum Gasteiger partial charge on any atom is 0.451 e. The van der Waals surface area contributed by atoms with Crippen molar-refractivity contribution in [2.24, 2.45) is 0 Å². The van der Waals surface area contributed by atoms with E-state index in [1.807, 2.05) is 0 Å². The molecule has 2 N–H and O–H groups in total. The first kappa shape index (κ1) is 17.2. The van der Waals surface area contributed by atoms with E-state index in [9.17, 15) is 26.4 Å². The van der Waals surface area contributed by atoms with Crippen molar-refractivity contribution in [3.8, 4) is 0 Å². The maximum absolute atomic E-state index is 12.4. The van der Waals surface area contributed by atoms with Gasteiger partial charge in [-0.2, -0.15) is 18.2 Å². The molecule has 1 aromatic heterocycles. The van der Waals surface area contributed by atoms with E-state index in [0.29, 0.717) is 17.7 Å². The Labute approximate surface area is 140 Å². The maximum atomic E-state index is 12.4. The topological polar surface area (TPSA) is 108 Å². The number of hydrogen-bond donors (Lipinski definition) is 2. The van der Waals surface area contributed by atoms with Crippen LogP contribution in [0, 0.1) is 0 Å². The van der Waals surface area contributed by atoms with Crippen LogP contribution in [0.2, 0.25) is 0 Å². The van der Waals surface area contributed by atoms with E-state index in [0.717, 1.165) is 6.26 Å². The van der Waals surface area contributed by atoms with E-state index in [1.165, 1.54) is 22.5 Å². The molecular formula is C13H12F3N5O3S. The first-order chi connectivity index (χ1) is 11.6. The third kappa shape index (κ3) is 3.43. The monoisotopic (exact) mass is 375 g/mol. The second-order valence-electron chi connectivity index (χ2n) is 5.39. The number of sulfonamides is 1. The molecule has 2 heterocycles. The van der Waals surface area contributed by atoms with Gasteiger partial charge >= 0.3 is 6.18 Å². The molecule has 0 aliphatic carbocycles. The number of H-pyrrole nitrogens is 1. The number of hydrogen-bond acceptors (Lipinski definition) is 5. The number of aromatic nitrogens is 3. The third-order valence-corrected chi connectivity index (χ3v) is 4.75. The van der Waals surface area contributed by atoms with E-state index in [-0.39, 0.29) is 12.1 Å². The van der Waals surface area contributed by atoms with Crippen LogP contribution in [0.1, 0.15) is 21.7 Å². The standard InChI is InChI=1S/C13H12F3N5O3S/c1-25(23,24)21-5-4-7-6-8(2-3-9(7)21)10(22)17-12-18-11(19-20-12)13(14,15)16/h2-3,6H,4-5H2,1H3,(H2,17,18,19,20,22). The number of nitrogens with zero attached hydrogens (tertiary/aromatic N) is 3. The molecule has 25 heavy (non-hydrogen) atoms. The highest BCUT2D eigenvalue weighted by Gasteiger charge is 2.35. The molecule has 0 fully saturated rings. The number of carbonyl (C=O) groups excluding carboxylic acids is 1. The quantitative estimate of drug-likeness (QED) is 0.843. The van der Waals surface area contributed by atoms with Gasteiger partial charge in [0.2, 0.25) is 21.8 Å². The van der Waals surface area contributed by atoms with Crippen LogP contribution < -0.4 is 9.62 Å². The molecule has 3 rings (SSSR count). The van der Waals surface area contributed by atoms with Crippen molar-refractivity contribution in [3.05, 3.63) is 35.2 Å². The van der Waals surface area contributed by atoms with Crippen molar-refractivity contribution in [3.63, 3.8) is 0 Å². The molecule has 0 saturated heterocycles. The van der Waals surface area contributed by atoms with Gasteiger partial charge in [-0.05, 0) is 30.2 Å². The van der Waals surface area contributed by atoms with Crippen LogP contribution in [-0.2, 0) is 22.6 Å². The molecule has 1 amide bonds. The van der Waals surface area contributed by atoms with Gasteiger partial charge in [-0.25, -0.2) is 8.42 Å². The number of halogens is 3. The molecule has 0 atom stereocenters. The molecule has 134 valence electrons. The summed E-state index contributed by atoms with van der Waals surface area (Å²) in [7, 11) is -3.41. The van der Waals surface area contributed by atoms with Crippen molar-refractivity contribution < 1.29 is 26.4 Å². The summed E-state index contributed by atoms with van der Waals surface area (Å²) in [4.78, 5) is 15.3. The summed E-state index contributed by atoms with van der Waals surface area (Å²) in [6.45, 7) is 0.273. The highest BCUT2D eigenvalue weighted by Crippen LogP contribution is 2.31. The zero-order valence-electron chi connectivity index (χ0n) is 12.8. The van der Waals surface area contributed by atoms with Crippen LogP contribution in [0.5, 0.6) is 0 Å². The number of alkyl halides is 3. The lowest BCUT2D eigenvalue weighted by Crippen LogP contribution is -2.27. The fraction of sp³-hybridized carbons (Fsp3) is 0.308. The lowest BCUT2D eigenvalue weighted by molar-refractivity contribution is -0.144. The van der Waals surface area contributed by atoms with Gasteiger partial charge in [-0.15, -0.1) is 5.10 Å². The Bertz CT molecular complexity index is 939. The molecule has 0 radical (unpaired) electrons. The minimum absolute atomic E-state index is 0.160. The van der Waals surface area contributed by atoms with Crippen molar-refractivity contribution in [1.82, 2.24) is 15.2 Å². The summed E-state index contributed by atoms with van der Waals surface area (Å²) in [6.07, 6.45) is -3.18. The van der Waals surface area contributed by atoms with Crippen LogP contribution in [0.4, 0.5) is 24.8 Å². The number of nitrogens with one attached hydrogen (secondary N) is 2. The lowest BCUT2D eigenvalue weighted by Gasteiger charge is -2.16. The summed E-state index contributed by atoms with van der Waals surface area (Å²) in [6, 6.07) is 4.36. The fourth-order valence-corrected chi connectivity index (χ4v) is 3.43. The first-order valence-corrected chi connectivity index (χ1v) is 8.82. The van der Waals surface area contributed by atoms with Gasteiger partial charge in [0.25, 0.3) is 5.91 Å². The van der Waals surface area contributed by atoms with E-state index in [4.69, 9.17) is 0 Å². The number of aromatic amines is 1. The Morgan fingerprint density at radius 3 is 2.68 bits per heavy atom. The number of anilines is 2. The molecule has 2 aromatic rings. The Hall–Kier alpha value is -2.63. The Morgan fingerprint density at radius 1 is 1.36 bits per heavy atom. The van der Waals surface area contributed by atoms with Crippen molar-refractivity contribution in [2.45, 2.75) is 12.6 Å². The molecule has 0 spiro atoms. The largest absolute Gasteiger partial charge is 0.451 e. The van der Waals surface area contributed by atoms with E-state index < -0.39 is 33.9 Å².